The van der Waals surface area contributed by atoms with Crippen LogP contribution in [-0.2, 0) is 22.5 Å². The van der Waals surface area contributed by atoms with Crippen molar-refractivity contribution in [2.24, 2.45) is 0 Å². The highest BCUT2D eigenvalue weighted by Gasteiger charge is 2.43. The third kappa shape index (κ3) is 5.29. The zero-order valence-electron chi connectivity index (χ0n) is 20.5. The molecule has 0 bridgehead atoms. The monoisotopic (exact) mass is 458 g/mol. The van der Waals surface area contributed by atoms with Crippen LogP contribution >= 0.6 is 0 Å². The van der Waals surface area contributed by atoms with E-state index in [9.17, 15) is 4.79 Å². The van der Waals surface area contributed by atoms with Crippen LogP contribution in [-0.4, -0.2) is 47.2 Å². The van der Waals surface area contributed by atoms with Crippen molar-refractivity contribution in [2.45, 2.75) is 83.2 Å². The van der Waals surface area contributed by atoms with Crippen LogP contribution in [0.4, 0.5) is 0 Å². The third-order valence-electron chi connectivity index (χ3n) is 7.83. The molecule has 180 valence electrons. The van der Waals surface area contributed by atoms with Crippen molar-refractivity contribution >= 4 is 5.91 Å². The molecule has 0 spiro atoms. The molecule has 4 heteroatoms. The molecule has 1 aliphatic carbocycles. The molecule has 2 heterocycles. The van der Waals surface area contributed by atoms with Gasteiger partial charge in [0.15, 0.2) is 6.23 Å². The normalized spacial score (nSPS) is 22.8. The first-order valence-corrected chi connectivity index (χ1v) is 13.2. The maximum absolute atomic E-state index is 13.5. The van der Waals surface area contributed by atoms with Crippen molar-refractivity contribution in [1.82, 2.24) is 9.80 Å². The van der Waals surface area contributed by atoms with E-state index in [0.717, 1.165) is 70.2 Å². The summed E-state index contributed by atoms with van der Waals surface area (Å²) >= 11 is 0. The Hall–Kier alpha value is -2.43. The van der Waals surface area contributed by atoms with Gasteiger partial charge < -0.3 is 9.64 Å². The number of aryl methyl sites for hydroxylation is 1. The predicted octanol–water partition coefficient (Wildman–Crippen LogP) is 5.73. The Morgan fingerprint density at radius 1 is 0.912 bits per heavy atom. The van der Waals surface area contributed by atoms with Crippen molar-refractivity contribution in [3.8, 4) is 0 Å². The second-order valence-corrected chi connectivity index (χ2v) is 10.2. The van der Waals surface area contributed by atoms with E-state index < -0.39 is 0 Å². The van der Waals surface area contributed by atoms with E-state index in [1.165, 1.54) is 23.1 Å². The van der Waals surface area contributed by atoms with E-state index in [4.69, 9.17) is 4.74 Å². The van der Waals surface area contributed by atoms with Crippen LogP contribution in [0.5, 0.6) is 0 Å². The zero-order valence-corrected chi connectivity index (χ0v) is 20.5. The number of ether oxygens (including phenoxy) is 1. The molecule has 0 unspecified atom stereocenters. The van der Waals surface area contributed by atoms with E-state index in [2.05, 4.69) is 77.4 Å². The number of piperidine rings is 1. The molecule has 4 nitrogen and oxygen atoms in total. The minimum absolute atomic E-state index is 0.153. The first-order valence-electron chi connectivity index (χ1n) is 13.2. The smallest absolute Gasteiger partial charge is 0.252 e. The number of hydrogen-bond acceptors (Lipinski definition) is 3. The SMILES string of the molecule is C[C@@H](CCc1ccccc1)N1C(=O)C2=C(CCCC2)[C@H]1OC1CCN(Cc2ccccc2)CC1. The predicted molar refractivity (Wildman–Crippen MR) is 136 cm³/mol. The van der Waals surface area contributed by atoms with Crippen LogP contribution in [0, 0.1) is 0 Å². The van der Waals surface area contributed by atoms with Gasteiger partial charge in [-0.15, -0.1) is 0 Å². The molecular weight excluding hydrogens is 420 g/mol. The summed E-state index contributed by atoms with van der Waals surface area (Å²) in [4.78, 5) is 18.1. The summed E-state index contributed by atoms with van der Waals surface area (Å²) in [5.41, 5.74) is 5.06. The Kier molecular flexibility index (Phi) is 7.46. The summed E-state index contributed by atoms with van der Waals surface area (Å²) in [6.45, 7) is 5.32. The summed E-state index contributed by atoms with van der Waals surface area (Å²) in [6, 6.07) is 21.5. The van der Waals surface area contributed by atoms with Gasteiger partial charge in [0.2, 0.25) is 0 Å². The Bertz CT molecular complexity index is 979. The van der Waals surface area contributed by atoms with Crippen LogP contribution < -0.4 is 0 Å². The number of likely N-dealkylation sites (tertiary alicyclic amines) is 1. The lowest BCUT2D eigenvalue weighted by molar-refractivity contribution is -0.146. The Morgan fingerprint density at radius 3 is 2.26 bits per heavy atom. The van der Waals surface area contributed by atoms with Crippen LogP contribution in [0.25, 0.3) is 0 Å². The van der Waals surface area contributed by atoms with Gasteiger partial charge >= 0.3 is 0 Å². The van der Waals surface area contributed by atoms with Crippen molar-refractivity contribution in [1.29, 1.82) is 0 Å². The molecule has 34 heavy (non-hydrogen) atoms. The zero-order chi connectivity index (χ0) is 23.3. The van der Waals surface area contributed by atoms with Crippen molar-refractivity contribution in [3.05, 3.63) is 82.9 Å². The van der Waals surface area contributed by atoms with Crippen LogP contribution in [0.1, 0.15) is 63.0 Å². The fourth-order valence-electron chi connectivity index (χ4n) is 5.84. The van der Waals surface area contributed by atoms with Crippen molar-refractivity contribution in [3.63, 3.8) is 0 Å². The van der Waals surface area contributed by atoms with E-state index in [0.29, 0.717) is 0 Å². The molecule has 0 radical (unpaired) electrons. The van der Waals surface area contributed by atoms with Gasteiger partial charge in [-0.05, 0) is 75.0 Å². The topological polar surface area (TPSA) is 32.8 Å². The Morgan fingerprint density at radius 2 is 1.56 bits per heavy atom. The molecule has 1 saturated heterocycles. The highest BCUT2D eigenvalue weighted by Crippen LogP contribution is 2.39. The third-order valence-corrected chi connectivity index (χ3v) is 7.83. The number of nitrogens with zero attached hydrogens (tertiary/aromatic N) is 2. The standard InChI is InChI=1S/C30H38N2O2/c1-23(16-17-24-10-4-2-5-11-24)32-29(33)27-14-8-9-15-28(27)30(32)34-26-18-20-31(21-19-26)22-25-12-6-3-7-13-25/h2-7,10-13,23,26,30H,8-9,14-22H2,1H3/t23-,30+/m0/s1. The largest absolute Gasteiger partial charge is 0.351 e. The Balaban J connectivity index is 1.22. The molecule has 0 aromatic heterocycles. The van der Waals surface area contributed by atoms with E-state index in [1.54, 1.807) is 0 Å². The number of hydrogen-bond donors (Lipinski definition) is 0. The van der Waals surface area contributed by atoms with Gasteiger partial charge in [0.1, 0.15) is 0 Å². The van der Waals surface area contributed by atoms with Crippen molar-refractivity contribution in [2.75, 3.05) is 13.1 Å². The average molecular weight is 459 g/mol. The number of carbonyl (C=O) groups excluding carboxylic acids is 1. The molecule has 2 aromatic rings. The van der Waals surface area contributed by atoms with Crippen LogP contribution in [0.2, 0.25) is 0 Å². The molecular formula is C30H38N2O2. The first kappa shape index (κ1) is 23.3. The van der Waals surface area contributed by atoms with Crippen LogP contribution in [0.3, 0.4) is 0 Å². The average Bonchev–Trinajstić information content (AvgIpc) is 3.16. The van der Waals surface area contributed by atoms with Crippen molar-refractivity contribution < 1.29 is 9.53 Å². The second kappa shape index (κ2) is 10.9. The summed E-state index contributed by atoms with van der Waals surface area (Å²) < 4.78 is 6.80. The molecule has 5 rings (SSSR count). The van der Waals surface area contributed by atoms with E-state index >= 15 is 0 Å². The van der Waals surface area contributed by atoms with Gasteiger partial charge in [-0.25, -0.2) is 0 Å². The molecule has 2 aromatic carbocycles. The van der Waals surface area contributed by atoms with Gasteiger partial charge in [-0.1, -0.05) is 60.7 Å². The number of amides is 1. The highest BCUT2D eigenvalue weighted by atomic mass is 16.5. The molecule has 0 N–H and O–H groups in total. The molecule has 3 aliphatic rings. The molecule has 1 fully saturated rings. The number of benzene rings is 2. The molecule has 0 saturated carbocycles. The van der Waals surface area contributed by atoms with E-state index in [-0.39, 0.29) is 24.3 Å². The minimum Gasteiger partial charge on any atom is -0.351 e. The number of rotatable bonds is 8. The van der Waals surface area contributed by atoms with Gasteiger partial charge in [-0.3, -0.25) is 9.69 Å². The molecule has 1 amide bonds. The maximum Gasteiger partial charge on any atom is 0.252 e. The fraction of sp³-hybridized carbons (Fsp3) is 0.500. The first-order chi connectivity index (χ1) is 16.7. The lowest BCUT2D eigenvalue weighted by Gasteiger charge is -2.38. The highest BCUT2D eigenvalue weighted by molar-refractivity contribution is 5.97. The van der Waals surface area contributed by atoms with Gasteiger partial charge in [0.25, 0.3) is 5.91 Å². The van der Waals surface area contributed by atoms with E-state index in [1.807, 2.05) is 0 Å². The summed E-state index contributed by atoms with van der Waals surface area (Å²) in [7, 11) is 0. The molecule has 2 aliphatic heterocycles. The molecule has 2 atom stereocenters. The Labute approximate surface area is 204 Å². The van der Waals surface area contributed by atoms with Gasteiger partial charge in [-0.2, -0.15) is 0 Å². The lowest BCUT2D eigenvalue weighted by atomic mass is 9.93. The lowest BCUT2D eigenvalue weighted by Crippen LogP contribution is -2.47. The number of carbonyl (C=O) groups is 1. The fourth-order valence-corrected chi connectivity index (χ4v) is 5.84. The minimum atomic E-state index is -0.153. The maximum atomic E-state index is 13.5. The summed E-state index contributed by atoms with van der Waals surface area (Å²) in [5, 5.41) is 0. The second-order valence-electron chi connectivity index (χ2n) is 10.2. The van der Waals surface area contributed by atoms with Gasteiger partial charge in [0.05, 0.1) is 6.10 Å². The summed E-state index contributed by atoms with van der Waals surface area (Å²) in [5.74, 6) is 0.238. The van der Waals surface area contributed by atoms with Gasteiger partial charge in [0, 0.05) is 31.2 Å². The van der Waals surface area contributed by atoms with Crippen LogP contribution in [0.15, 0.2) is 71.8 Å². The summed E-state index contributed by atoms with van der Waals surface area (Å²) in [6.07, 6.45) is 8.33. The quantitative estimate of drug-likeness (QED) is 0.507.